The van der Waals surface area contributed by atoms with Crippen molar-refractivity contribution in [2.45, 2.75) is 44.4 Å². The van der Waals surface area contributed by atoms with E-state index < -0.39 is 0 Å². The van der Waals surface area contributed by atoms with Crippen molar-refractivity contribution in [2.24, 2.45) is 0 Å². The second kappa shape index (κ2) is 7.58. The van der Waals surface area contributed by atoms with Crippen molar-refractivity contribution in [1.82, 2.24) is 9.88 Å². The van der Waals surface area contributed by atoms with Gasteiger partial charge in [-0.3, -0.25) is 14.9 Å². The number of nitrogens with zero attached hydrogens (tertiary/aromatic N) is 2. The molecule has 1 aromatic heterocycles. The normalized spacial score (nSPS) is 19.7. The Hall–Kier alpha value is -2.21. The Bertz CT molecular complexity index is 797. The summed E-state index contributed by atoms with van der Waals surface area (Å²) in [5, 5.41) is 3.50. The number of amides is 2. The van der Waals surface area contributed by atoms with Crippen LogP contribution in [0.25, 0.3) is 0 Å². The lowest BCUT2D eigenvalue weighted by molar-refractivity contribution is -0.134. The van der Waals surface area contributed by atoms with Crippen LogP contribution in [0.5, 0.6) is 0 Å². The van der Waals surface area contributed by atoms with Crippen molar-refractivity contribution >= 4 is 28.3 Å². The zero-order chi connectivity index (χ0) is 17.9. The maximum atomic E-state index is 13.0. The first kappa shape index (κ1) is 17.2. The van der Waals surface area contributed by atoms with Crippen LogP contribution >= 0.6 is 11.3 Å². The molecule has 26 heavy (non-hydrogen) atoms. The Morgan fingerprint density at radius 3 is 2.62 bits per heavy atom. The second-order valence-electron chi connectivity index (χ2n) is 6.98. The van der Waals surface area contributed by atoms with Crippen molar-refractivity contribution in [1.29, 1.82) is 0 Å². The molecule has 1 aliphatic carbocycles. The summed E-state index contributed by atoms with van der Waals surface area (Å²) in [6, 6.07) is 9.14. The van der Waals surface area contributed by atoms with Gasteiger partial charge in [0.05, 0.1) is 11.6 Å². The Morgan fingerprint density at radius 1 is 1.08 bits per heavy atom. The number of benzene rings is 1. The van der Waals surface area contributed by atoms with Gasteiger partial charge in [-0.15, -0.1) is 11.3 Å². The Morgan fingerprint density at radius 2 is 1.85 bits per heavy atom. The number of anilines is 1. The van der Waals surface area contributed by atoms with E-state index in [2.05, 4.69) is 10.3 Å². The fraction of sp³-hybridized carbons (Fsp3) is 0.450. The van der Waals surface area contributed by atoms with Gasteiger partial charge < -0.3 is 4.90 Å². The Kier molecular flexibility index (Phi) is 5.02. The molecule has 0 saturated carbocycles. The molecular formula is C20H23N3O2S. The smallest absolute Gasteiger partial charge is 0.257 e. The average Bonchev–Trinajstić information content (AvgIpc) is 3.11. The van der Waals surface area contributed by atoms with Gasteiger partial charge in [-0.05, 0) is 50.7 Å². The molecule has 136 valence electrons. The minimum absolute atomic E-state index is 0.143. The van der Waals surface area contributed by atoms with Gasteiger partial charge in [-0.2, -0.15) is 0 Å². The highest BCUT2D eigenvalue weighted by Crippen LogP contribution is 2.38. The van der Waals surface area contributed by atoms with Crippen LogP contribution in [-0.4, -0.2) is 34.8 Å². The van der Waals surface area contributed by atoms with Crippen LogP contribution in [0.4, 0.5) is 5.13 Å². The number of hydrogen-bond acceptors (Lipinski definition) is 4. The van der Waals surface area contributed by atoms with Crippen LogP contribution in [0.2, 0.25) is 0 Å². The number of carbonyl (C=O) groups excluding carboxylic acids is 2. The van der Waals surface area contributed by atoms with Crippen LogP contribution in [0.3, 0.4) is 0 Å². The lowest BCUT2D eigenvalue weighted by Crippen LogP contribution is -2.39. The molecule has 0 bridgehead atoms. The van der Waals surface area contributed by atoms with Crippen LogP contribution in [0.15, 0.2) is 30.3 Å². The van der Waals surface area contributed by atoms with E-state index >= 15 is 0 Å². The van der Waals surface area contributed by atoms with Crippen molar-refractivity contribution < 1.29 is 9.59 Å². The van der Waals surface area contributed by atoms with E-state index in [4.69, 9.17) is 0 Å². The van der Waals surface area contributed by atoms with Crippen LogP contribution in [0, 0.1) is 0 Å². The first-order valence-corrected chi connectivity index (χ1v) is 10.2. The monoisotopic (exact) mass is 369 g/mol. The third-order valence-electron chi connectivity index (χ3n) is 5.18. The molecule has 1 unspecified atom stereocenters. The van der Waals surface area contributed by atoms with Crippen molar-refractivity contribution in [3.05, 3.63) is 46.5 Å². The zero-order valence-corrected chi connectivity index (χ0v) is 15.6. The van der Waals surface area contributed by atoms with Gasteiger partial charge in [0.15, 0.2) is 5.13 Å². The highest BCUT2D eigenvalue weighted by atomic mass is 32.1. The summed E-state index contributed by atoms with van der Waals surface area (Å²) in [6.45, 7) is 1.73. The molecule has 1 saturated heterocycles. The quantitative estimate of drug-likeness (QED) is 0.894. The predicted molar refractivity (Wildman–Crippen MR) is 103 cm³/mol. The van der Waals surface area contributed by atoms with E-state index in [1.54, 1.807) is 12.1 Å². The van der Waals surface area contributed by atoms with Gasteiger partial charge in [0.1, 0.15) is 0 Å². The zero-order valence-electron chi connectivity index (χ0n) is 14.7. The van der Waals surface area contributed by atoms with Gasteiger partial charge in [0.25, 0.3) is 5.91 Å². The lowest BCUT2D eigenvalue weighted by Gasteiger charge is -2.31. The molecule has 2 heterocycles. The number of fused-ring (bicyclic) bond motifs is 1. The van der Waals surface area contributed by atoms with Crippen LogP contribution in [0.1, 0.15) is 59.0 Å². The number of rotatable bonds is 3. The topological polar surface area (TPSA) is 62.3 Å². The largest absolute Gasteiger partial charge is 0.342 e. The Balaban J connectivity index is 1.52. The first-order chi connectivity index (χ1) is 12.7. The fourth-order valence-electron chi connectivity index (χ4n) is 3.81. The summed E-state index contributed by atoms with van der Waals surface area (Å²) in [4.78, 5) is 33.1. The van der Waals surface area contributed by atoms with Crippen molar-refractivity contribution in [2.75, 3.05) is 18.4 Å². The molecule has 2 amide bonds. The van der Waals surface area contributed by atoms with Crippen LogP contribution < -0.4 is 5.32 Å². The van der Waals surface area contributed by atoms with Gasteiger partial charge in [0.2, 0.25) is 5.91 Å². The van der Waals surface area contributed by atoms with E-state index in [-0.39, 0.29) is 17.7 Å². The summed E-state index contributed by atoms with van der Waals surface area (Å²) in [5.74, 6) is -0.0806. The van der Waals surface area contributed by atoms with Gasteiger partial charge in [0, 0.05) is 23.5 Å². The maximum Gasteiger partial charge on any atom is 0.257 e. The third kappa shape index (κ3) is 3.51. The lowest BCUT2D eigenvalue weighted by atomic mass is 9.89. The van der Waals surface area contributed by atoms with Crippen molar-refractivity contribution in [3.63, 3.8) is 0 Å². The molecule has 1 aliphatic heterocycles. The average molecular weight is 369 g/mol. The summed E-state index contributed by atoms with van der Waals surface area (Å²) < 4.78 is 0. The third-order valence-corrected chi connectivity index (χ3v) is 6.22. The maximum absolute atomic E-state index is 13.0. The SMILES string of the molecule is O=C(Nc1nc2c(s1)CCCC2C(=O)N1CCCCC1)c1ccccc1. The van der Waals surface area contributed by atoms with E-state index in [0.717, 1.165) is 55.8 Å². The molecule has 1 atom stereocenters. The minimum Gasteiger partial charge on any atom is -0.342 e. The number of likely N-dealkylation sites (tertiary alicyclic amines) is 1. The summed E-state index contributed by atoms with van der Waals surface area (Å²) in [6.07, 6.45) is 6.22. The second-order valence-corrected chi connectivity index (χ2v) is 8.06. The standard InChI is InChI=1S/C20H23N3O2S/c24-18(14-8-3-1-4-9-14)22-20-21-17-15(10-7-11-16(17)26-20)19(25)23-12-5-2-6-13-23/h1,3-4,8-9,15H,2,5-7,10-13H2,(H,21,22,24). The Labute approximate surface area is 157 Å². The molecule has 1 fully saturated rings. The molecule has 1 aromatic carbocycles. The molecule has 2 aliphatic rings. The molecule has 1 N–H and O–H groups in total. The number of carbonyl (C=O) groups is 2. The first-order valence-electron chi connectivity index (χ1n) is 9.37. The number of aromatic nitrogens is 1. The number of piperidine rings is 1. The predicted octanol–water partition coefficient (Wildman–Crippen LogP) is 3.83. The molecular weight excluding hydrogens is 346 g/mol. The van der Waals surface area contributed by atoms with E-state index in [0.29, 0.717) is 10.7 Å². The van der Waals surface area contributed by atoms with Crippen LogP contribution in [-0.2, 0) is 11.2 Å². The van der Waals surface area contributed by atoms with E-state index in [1.807, 2.05) is 23.1 Å². The number of aryl methyl sites for hydroxylation is 1. The van der Waals surface area contributed by atoms with E-state index in [1.165, 1.54) is 17.8 Å². The molecule has 0 radical (unpaired) electrons. The van der Waals surface area contributed by atoms with Gasteiger partial charge >= 0.3 is 0 Å². The number of nitrogens with one attached hydrogen (secondary N) is 1. The molecule has 2 aromatic rings. The molecule has 4 rings (SSSR count). The minimum atomic E-state index is -0.157. The van der Waals surface area contributed by atoms with Gasteiger partial charge in [-0.25, -0.2) is 4.98 Å². The highest BCUT2D eigenvalue weighted by molar-refractivity contribution is 7.15. The summed E-state index contributed by atoms with van der Waals surface area (Å²) in [7, 11) is 0. The molecule has 6 heteroatoms. The highest BCUT2D eigenvalue weighted by Gasteiger charge is 2.33. The number of thiazole rings is 1. The number of hydrogen-bond donors (Lipinski definition) is 1. The van der Waals surface area contributed by atoms with Crippen molar-refractivity contribution in [3.8, 4) is 0 Å². The molecule has 5 nitrogen and oxygen atoms in total. The molecule has 0 spiro atoms. The van der Waals surface area contributed by atoms with E-state index in [9.17, 15) is 9.59 Å². The fourth-order valence-corrected chi connectivity index (χ4v) is 4.87. The van der Waals surface area contributed by atoms with Gasteiger partial charge in [-0.1, -0.05) is 18.2 Å². The summed E-state index contributed by atoms with van der Waals surface area (Å²) in [5.41, 5.74) is 1.50. The summed E-state index contributed by atoms with van der Waals surface area (Å²) >= 11 is 1.51.